The monoisotopic (exact) mass is 1780 g/mol. The van der Waals surface area contributed by atoms with Gasteiger partial charge in [0.05, 0.1) is 0 Å². The van der Waals surface area contributed by atoms with Crippen LogP contribution in [0.25, 0.3) is 89.7 Å². The molecule has 0 fully saturated rings. The van der Waals surface area contributed by atoms with Crippen LogP contribution in [0.4, 0.5) is 0 Å². The second kappa shape index (κ2) is 62.3. The van der Waals surface area contributed by atoms with Gasteiger partial charge in [0.1, 0.15) is 22.6 Å². The van der Waals surface area contributed by atoms with Gasteiger partial charge in [0.2, 0.25) is 0 Å². The summed E-state index contributed by atoms with van der Waals surface area (Å²) >= 11 is 16.5. The first-order valence-corrected chi connectivity index (χ1v) is 57.8. The van der Waals surface area contributed by atoms with Crippen LogP contribution in [-0.2, 0) is 0 Å². The predicted octanol–water partition coefficient (Wildman–Crippen LogP) is 37.6. The van der Waals surface area contributed by atoms with Crippen LogP contribution in [0.5, 0.6) is 0 Å². The number of thioether (sulfide) groups is 8. The molecule has 0 unspecified atom stereocenters. The molecular formula is C104H162N8S8. The molecule has 8 nitrogen and oxygen atoms in total. The number of fused-ring (bicyclic) bond motifs is 20. The number of hydrogen-bond acceptors (Lipinski definition) is 14. The van der Waals surface area contributed by atoms with Gasteiger partial charge in [-0.05, 0) is 146 Å². The fourth-order valence-corrected chi connectivity index (χ4v) is 25.8. The number of H-pyrrole nitrogens is 2. The van der Waals surface area contributed by atoms with E-state index in [0.717, 1.165) is 112 Å². The zero-order chi connectivity index (χ0) is 84.1. The Hall–Kier alpha value is -2.96. The van der Waals surface area contributed by atoms with Crippen molar-refractivity contribution in [2.75, 3.05) is 46.0 Å². The summed E-state index contributed by atoms with van der Waals surface area (Å²) in [6, 6.07) is 19.9. The Morgan fingerprint density at radius 3 is 0.450 bits per heavy atom. The summed E-state index contributed by atoms with van der Waals surface area (Å²) in [5.74, 6) is 11.6. The Kier molecular flexibility index (Phi) is 52.3. The molecule has 120 heavy (non-hydrogen) atoms. The van der Waals surface area contributed by atoms with Gasteiger partial charge in [-0.2, -0.15) is 0 Å². The molecule has 0 amide bonds. The van der Waals surface area contributed by atoms with Crippen molar-refractivity contribution < 1.29 is 0 Å². The van der Waals surface area contributed by atoms with Gasteiger partial charge in [-0.15, -0.1) is 94.1 Å². The third-order valence-corrected chi connectivity index (χ3v) is 33.8. The van der Waals surface area contributed by atoms with Crippen LogP contribution in [0.15, 0.2) is 87.7 Å². The zero-order valence-corrected chi connectivity index (χ0v) is 83.4. The summed E-state index contributed by atoms with van der Waals surface area (Å²) in [5, 5.41) is 4.34. The van der Waals surface area contributed by atoms with E-state index in [4.69, 9.17) is 29.9 Å². The van der Waals surface area contributed by atoms with E-state index in [-0.39, 0.29) is 0 Å². The molecule has 2 aliphatic rings. The number of benzene rings is 4. The lowest BCUT2D eigenvalue weighted by molar-refractivity contribution is 0.603. The standard InChI is InChI=1S/C104H162N8S8/c1-9-17-25-33-41-49-57-65-113-89-73-81-82(74-90(89)114-66-58-50-42-34-26-18-10-2)98-105-97(81)109-99-83-75-91(115-67-59-51-43-35-27-19-11-3)92(116-68-60-52-44-36-28-20-12-4)76-84(83)101(106-99)111-103-87-79-95(119-71-63-55-47-39-31-23-15-7)96(120-72-64-56-48-40-32-24-16-8)80-88(87)104(108-103)112-102-86-78-94(118-70-62-54-46-38-30-22-14-6)93(77-85(86)100(107-102)110-98)117-69-61-53-45-37-29-21-13-5/h73-80H,9-72H2,1-8H3,(H2,105,106,107,108,109,110,111,112). The Balaban J connectivity index is 1.30. The third kappa shape index (κ3) is 35.6. The number of rotatable bonds is 72. The SMILES string of the molecule is CCCCCCCCCSc1cc2c(cc1SCCCCCCCCC)-c1nc-2nc2[nH]c(nc3nc(nc4[nH]c(n1)c1cc(SCCCCCCCCC)c(SCCCCCCCCC)cc41)-c1cc(SCCCCCCCCC)c(SCCCCCCCCC)cc1-3)c1cc(SCCCCCCCCC)c(SCCCCCCCCC)cc21. The molecule has 0 saturated heterocycles. The van der Waals surface area contributed by atoms with Crippen molar-refractivity contribution in [3.05, 3.63) is 48.5 Å². The normalized spacial score (nSPS) is 12.1. The van der Waals surface area contributed by atoms with Gasteiger partial charge >= 0.3 is 0 Å². The molecule has 0 spiro atoms. The third-order valence-electron chi connectivity index (χ3n) is 24.1. The van der Waals surface area contributed by atoms with E-state index >= 15 is 0 Å². The molecular weight excluding hydrogens is 1620 g/mol. The molecule has 4 aromatic carbocycles. The number of hydrogen-bond donors (Lipinski definition) is 2. The summed E-state index contributed by atoms with van der Waals surface area (Å²) in [6.07, 6.45) is 73.0. The largest absolute Gasteiger partial charge is 0.324 e. The number of unbranched alkanes of at least 4 members (excludes halogenated alkanes) is 48. The smallest absolute Gasteiger partial charge is 0.164 e. The fourth-order valence-electron chi connectivity index (χ4n) is 16.6. The Morgan fingerprint density at radius 1 is 0.167 bits per heavy atom. The molecule has 8 bridgehead atoms. The van der Waals surface area contributed by atoms with Crippen LogP contribution >= 0.6 is 94.1 Å². The average molecular weight is 1780 g/mol. The van der Waals surface area contributed by atoms with Crippen LogP contribution in [0.3, 0.4) is 0 Å². The predicted molar refractivity (Wildman–Crippen MR) is 546 cm³/mol. The number of nitrogens with zero attached hydrogens (tertiary/aromatic N) is 6. The molecule has 0 atom stereocenters. The van der Waals surface area contributed by atoms with Gasteiger partial charge in [0.15, 0.2) is 23.3 Å². The number of aromatic amines is 2. The van der Waals surface area contributed by atoms with Gasteiger partial charge < -0.3 is 9.97 Å². The zero-order valence-electron chi connectivity index (χ0n) is 76.8. The fraction of sp³-hybridized carbons (Fsp3) is 0.692. The lowest BCUT2D eigenvalue weighted by atomic mass is 10.1. The van der Waals surface area contributed by atoms with E-state index in [1.165, 1.54) is 399 Å². The summed E-state index contributed by atoms with van der Waals surface area (Å²) in [6.45, 7) is 18.6. The summed E-state index contributed by atoms with van der Waals surface area (Å²) < 4.78 is 0. The van der Waals surface area contributed by atoms with E-state index in [1.54, 1.807) is 0 Å². The lowest BCUT2D eigenvalue weighted by Gasteiger charge is -2.12. The molecule has 3 aromatic heterocycles. The molecule has 9 rings (SSSR count). The summed E-state index contributed by atoms with van der Waals surface area (Å²) in [5.41, 5.74) is 7.42. The maximum absolute atomic E-state index is 5.95. The lowest BCUT2D eigenvalue weighted by Crippen LogP contribution is -1.91. The minimum atomic E-state index is 0.709. The number of nitrogens with one attached hydrogen (secondary N) is 2. The second-order valence-corrected chi connectivity index (χ2v) is 43.8. The van der Waals surface area contributed by atoms with Gasteiger partial charge in [-0.1, -0.05) is 364 Å². The maximum Gasteiger partial charge on any atom is 0.164 e. The van der Waals surface area contributed by atoms with Crippen LogP contribution in [0.1, 0.15) is 415 Å². The van der Waals surface area contributed by atoms with Gasteiger partial charge in [0.25, 0.3) is 0 Å². The second-order valence-electron chi connectivity index (χ2n) is 34.7. The van der Waals surface area contributed by atoms with E-state index in [2.05, 4.69) is 208 Å². The van der Waals surface area contributed by atoms with Crippen molar-refractivity contribution >= 4 is 138 Å². The average Bonchev–Trinajstić information content (AvgIpc) is 1.59. The van der Waals surface area contributed by atoms with Crippen LogP contribution in [0.2, 0.25) is 0 Å². The molecule has 2 N–H and O–H groups in total. The van der Waals surface area contributed by atoms with E-state index in [0.29, 0.717) is 23.3 Å². The van der Waals surface area contributed by atoms with Gasteiger partial charge in [0, 0.05) is 83.0 Å². The first-order valence-electron chi connectivity index (χ1n) is 49.9. The van der Waals surface area contributed by atoms with E-state index in [9.17, 15) is 0 Å². The molecule has 5 heterocycles. The minimum absolute atomic E-state index is 0.709. The van der Waals surface area contributed by atoms with Crippen molar-refractivity contribution in [3.63, 3.8) is 0 Å². The molecule has 0 saturated carbocycles. The molecule has 0 aliphatic carbocycles. The maximum atomic E-state index is 5.95. The highest BCUT2D eigenvalue weighted by Gasteiger charge is 2.28. The van der Waals surface area contributed by atoms with Crippen molar-refractivity contribution in [1.82, 2.24) is 39.9 Å². The van der Waals surface area contributed by atoms with Crippen LogP contribution in [0, 0.1) is 0 Å². The molecule has 0 radical (unpaired) electrons. The number of aromatic nitrogens is 8. The Morgan fingerprint density at radius 2 is 0.300 bits per heavy atom. The van der Waals surface area contributed by atoms with Crippen molar-refractivity contribution in [1.29, 1.82) is 0 Å². The quantitative estimate of drug-likeness (QED) is 0.0279. The van der Waals surface area contributed by atoms with Crippen molar-refractivity contribution in [3.8, 4) is 45.6 Å². The molecule has 16 heteroatoms. The van der Waals surface area contributed by atoms with Crippen LogP contribution in [-0.4, -0.2) is 85.9 Å². The Labute approximate surface area is 765 Å². The molecule has 2 aliphatic heterocycles. The highest BCUT2D eigenvalue weighted by molar-refractivity contribution is 8.03. The molecule has 7 aromatic rings. The van der Waals surface area contributed by atoms with Crippen LogP contribution < -0.4 is 0 Å². The first-order chi connectivity index (χ1) is 59.3. The summed E-state index contributed by atoms with van der Waals surface area (Å²) in [4.78, 5) is 54.3. The van der Waals surface area contributed by atoms with Crippen molar-refractivity contribution in [2.45, 2.75) is 454 Å². The topological polar surface area (TPSA) is 109 Å². The van der Waals surface area contributed by atoms with Crippen molar-refractivity contribution in [2.24, 2.45) is 0 Å². The van der Waals surface area contributed by atoms with Gasteiger partial charge in [-0.3, -0.25) is 0 Å². The highest BCUT2D eigenvalue weighted by Crippen LogP contribution is 2.48. The first kappa shape index (κ1) is 101. The minimum Gasteiger partial charge on any atom is -0.324 e. The van der Waals surface area contributed by atoms with Gasteiger partial charge in [-0.25, -0.2) is 29.9 Å². The van der Waals surface area contributed by atoms with E-state index in [1.807, 2.05) is 0 Å². The molecule has 666 valence electrons. The van der Waals surface area contributed by atoms with E-state index < -0.39 is 0 Å². The highest BCUT2D eigenvalue weighted by atomic mass is 32.2. The Bertz CT molecular complexity index is 3640. The summed E-state index contributed by atoms with van der Waals surface area (Å²) in [7, 11) is 0.